The molecule has 0 aliphatic heterocycles. The molecule has 33 heavy (non-hydrogen) atoms. The summed E-state index contributed by atoms with van der Waals surface area (Å²) in [4.78, 5) is 10.9. The highest BCUT2D eigenvalue weighted by Crippen LogP contribution is 1.87. The van der Waals surface area contributed by atoms with E-state index in [4.69, 9.17) is 47.4 Å². The van der Waals surface area contributed by atoms with Crippen LogP contribution in [-0.2, 0) is 52.2 Å². The molecule has 0 aromatic carbocycles. The molecule has 0 saturated carbocycles. The number of ether oxygens (including phenoxy) is 10. The highest BCUT2D eigenvalue weighted by Gasteiger charge is 1.98. The number of esters is 1. The maximum atomic E-state index is 10.9. The minimum absolute atomic E-state index is 0.220. The molecule has 11 heteroatoms. The first-order valence-corrected chi connectivity index (χ1v) is 11.6. The first-order valence-electron chi connectivity index (χ1n) is 11.6. The molecule has 0 aromatic rings. The van der Waals surface area contributed by atoms with E-state index in [2.05, 4.69) is 0 Å². The van der Waals surface area contributed by atoms with E-state index in [1.807, 2.05) is 0 Å². The van der Waals surface area contributed by atoms with Crippen molar-refractivity contribution >= 4 is 5.97 Å². The first kappa shape index (κ1) is 32.1. The Labute approximate surface area is 198 Å². The van der Waals surface area contributed by atoms with Crippen molar-refractivity contribution in [2.75, 3.05) is 126 Å². The van der Waals surface area contributed by atoms with Gasteiger partial charge in [0.25, 0.3) is 0 Å². The Balaban J connectivity index is 3.02. The molecule has 0 N–H and O–H groups in total. The van der Waals surface area contributed by atoms with Crippen LogP contribution < -0.4 is 0 Å². The summed E-state index contributed by atoms with van der Waals surface area (Å²) in [6.45, 7) is 10.7. The van der Waals surface area contributed by atoms with Crippen molar-refractivity contribution in [3.63, 3.8) is 0 Å². The van der Waals surface area contributed by atoms with Gasteiger partial charge in [-0.2, -0.15) is 0 Å². The molecule has 0 bridgehead atoms. The number of carbonyl (C=O) groups excluding carboxylic acids is 1. The van der Waals surface area contributed by atoms with Crippen LogP contribution in [0.25, 0.3) is 0 Å². The fraction of sp³-hybridized carbons (Fsp3) is 0.955. The van der Waals surface area contributed by atoms with Gasteiger partial charge in [-0.15, -0.1) is 0 Å². The van der Waals surface area contributed by atoms with Crippen LogP contribution in [0.5, 0.6) is 0 Å². The van der Waals surface area contributed by atoms with Gasteiger partial charge in [0.05, 0.1) is 112 Å². The standard InChI is InChI=1S/C22H44O11/c1-3-22(23)33-21-20-32-19-18-31-17-16-30-15-14-29-13-12-28-11-10-27-9-8-26-7-6-25-5-4-24-2/h3-21H2,1-2H3. The van der Waals surface area contributed by atoms with E-state index in [0.29, 0.717) is 119 Å². The summed E-state index contributed by atoms with van der Waals surface area (Å²) in [6.07, 6.45) is 0.377. The van der Waals surface area contributed by atoms with E-state index >= 15 is 0 Å². The van der Waals surface area contributed by atoms with Gasteiger partial charge < -0.3 is 47.4 Å². The average molecular weight is 485 g/mol. The second kappa shape index (κ2) is 29.1. The zero-order valence-electron chi connectivity index (χ0n) is 20.4. The van der Waals surface area contributed by atoms with Crippen molar-refractivity contribution in [2.24, 2.45) is 0 Å². The predicted molar refractivity (Wildman–Crippen MR) is 120 cm³/mol. The Kier molecular flexibility index (Phi) is 28.4. The number of rotatable bonds is 28. The molecule has 0 rings (SSSR count). The molecule has 0 unspecified atom stereocenters. The van der Waals surface area contributed by atoms with Gasteiger partial charge in [0, 0.05) is 13.5 Å². The Morgan fingerprint density at radius 2 is 0.667 bits per heavy atom. The summed E-state index contributed by atoms with van der Waals surface area (Å²) in [6, 6.07) is 0. The van der Waals surface area contributed by atoms with Crippen LogP contribution in [0.2, 0.25) is 0 Å². The SMILES string of the molecule is CCC(=O)OCCOCCOCCOCCOCCOCCOCCOCCOCCOC. The fourth-order valence-corrected chi connectivity index (χ4v) is 2.10. The maximum absolute atomic E-state index is 10.9. The Bertz CT molecular complexity index is 385. The van der Waals surface area contributed by atoms with Crippen LogP contribution in [0.15, 0.2) is 0 Å². The molecule has 0 aromatic heterocycles. The second-order valence-corrected chi connectivity index (χ2v) is 6.47. The largest absolute Gasteiger partial charge is 0.463 e. The minimum Gasteiger partial charge on any atom is -0.463 e. The van der Waals surface area contributed by atoms with Crippen molar-refractivity contribution in [2.45, 2.75) is 13.3 Å². The molecule has 0 aliphatic carbocycles. The van der Waals surface area contributed by atoms with Crippen LogP contribution in [0.4, 0.5) is 0 Å². The van der Waals surface area contributed by atoms with Crippen molar-refractivity contribution < 1.29 is 52.2 Å². The molecular formula is C22H44O11. The summed E-state index contributed by atoms with van der Waals surface area (Å²) >= 11 is 0. The fourth-order valence-electron chi connectivity index (χ4n) is 2.10. The highest BCUT2D eigenvalue weighted by molar-refractivity contribution is 5.68. The Morgan fingerprint density at radius 3 is 0.909 bits per heavy atom. The van der Waals surface area contributed by atoms with Crippen molar-refractivity contribution in [3.8, 4) is 0 Å². The van der Waals surface area contributed by atoms with Gasteiger partial charge in [-0.25, -0.2) is 0 Å². The van der Waals surface area contributed by atoms with Crippen LogP contribution in [0.1, 0.15) is 13.3 Å². The summed E-state index contributed by atoms with van der Waals surface area (Å²) in [5.74, 6) is -0.220. The topological polar surface area (TPSA) is 109 Å². The van der Waals surface area contributed by atoms with Gasteiger partial charge in [0.15, 0.2) is 0 Å². The van der Waals surface area contributed by atoms with Crippen LogP contribution in [0.3, 0.4) is 0 Å². The quantitative estimate of drug-likeness (QED) is 0.116. The molecule has 0 heterocycles. The van der Waals surface area contributed by atoms with Crippen LogP contribution in [0, 0.1) is 0 Å². The lowest BCUT2D eigenvalue weighted by Crippen LogP contribution is -2.15. The van der Waals surface area contributed by atoms with E-state index in [1.54, 1.807) is 14.0 Å². The van der Waals surface area contributed by atoms with E-state index in [-0.39, 0.29) is 12.6 Å². The Hall–Kier alpha value is -0.890. The van der Waals surface area contributed by atoms with Gasteiger partial charge in [-0.3, -0.25) is 4.79 Å². The van der Waals surface area contributed by atoms with Gasteiger partial charge in [-0.05, 0) is 0 Å². The van der Waals surface area contributed by atoms with E-state index in [9.17, 15) is 4.79 Å². The third kappa shape index (κ3) is 29.1. The number of hydrogen-bond acceptors (Lipinski definition) is 11. The number of hydrogen-bond donors (Lipinski definition) is 0. The lowest BCUT2D eigenvalue weighted by Gasteiger charge is -2.08. The molecule has 0 radical (unpaired) electrons. The lowest BCUT2D eigenvalue weighted by molar-refractivity contribution is -0.144. The smallest absolute Gasteiger partial charge is 0.305 e. The zero-order chi connectivity index (χ0) is 24.1. The third-order valence-corrected chi connectivity index (χ3v) is 3.82. The molecule has 11 nitrogen and oxygen atoms in total. The van der Waals surface area contributed by atoms with E-state index in [0.717, 1.165) is 0 Å². The monoisotopic (exact) mass is 484 g/mol. The van der Waals surface area contributed by atoms with Gasteiger partial charge in [0.1, 0.15) is 6.61 Å². The molecule has 0 saturated heterocycles. The van der Waals surface area contributed by atoms with Gasteiger partial charge in [0.2, 0.25) is 0 Å². The lowest BCUT2D eigenvalue weighted by atomic mass is 10.5. The summed E-state index contributed by atoms with van der Waals surface area (Å²) < 4.78 is 52.7. The summed E-state index contributed by atoms with van der Waals surface area (Å²) in [5, 5.41) is 0. The molecule has 0 atom stereocenters. The normalized spacial score (nSPS) is 11.2. The molecule has 0 spiro atoms. The zero-order valence-corrected chi connectivity index (χ0v) is 20.4. The van der Waals surface area contributed by atoms with E-state index < -0.39 is 0 Å². The highest BCUT2D eigenvalue weighted by atomic mass is 16.6. The minimum atomic E-state index is -0.220. The molecular weight excluding hydrogens is 440 g/mol. The second-order valence-electron chi connectivity index (χ2n) is 6.47. The predicted octanol–water partition coefficient (Wildman–Crippen LogP) is 0.719. The van der Waals surface area contributed by atoms with Crippen molar-refractivity contribution in [3.05, 3.63) is 0 Å². The summed E-state index contributed by atoms with van der Waals surface area (Å²) in [7, 11) is 1.64. The van der Waals surface area contributed by atoms with Gasteiger partial charge >= 0.3 is 5.97 Å². The van der Waals surface area contributed by atoms with Crippen molar-refractivity contribution in [1.29, 1.82) is 0 Å². The van der Waals surface area contributed by atoms with Gasteiger partial charge in [-0.1, -0.05) is 6.92 Å². The summed E-state index contributed by atoms with van der Waals surface area (Å²) in [5.41, 5.74) is 0. The number of carbonyl (C=O) groups is 1. The first-order chi connectivity index (χ1) is 16.3. The Morgan fingerprint density at radius 1 is 0.424 bits per heavy atom. The molecule has 0 amide bonds. The van der Waals surface area contributed by atoms with Crippen molar-refractivity contribution in [1.82, 2.24) is 0 Å². The van der Waals surface area contributed by atoms with Crippen LogP contribution >= 0.6 is 0 Å². The number of methoxy groups -OCH3 is 1. The maximum Gasteiger partial charge on any atom is 0.305 e. The molecule has 0 fully saturated rings. The van der Waals surface area contributed by atoms with Crippen LogP contribution in [-0.4, -0.2) is 132 Å². The molecule has 0 aliphatic rings. The third-order valence-electron chi connectivity index (χ3n) is 3.82. The van der Waals surface area contributed by atoms with E-state index in [1.165, 1.54) is 0 Å². The molecule has 198 valence electrons. The average Bonchev–Trinajstić information content (AvgIpc) is 2.83.